The molecular formula is C55H59F2N6O20. The molecule has 2 aliphatic heterocycles. The molecule has 2 aromatic carbocycles. The van der Waals surface area contributed by atoms with Crippen LogP contribution in [0.15, 0.2) is 61.4 Å². The van der Waals surface area contributed by atoms with Gasteiger partial charge in [0.2, 0.25) is 24.4 Å². The van der Waals surface area contributed by atoms with E-state index in [-0.39, 0.29) is 68.8 Å². The van der Waals surface area contributed by atoms with E-state index in [1.807, 2.05) is 23.6 Å². The van der Waals surface area contributed by atoms with Crippen molar-refractivity contribution in [2.45, 2.75) is 104 Å². The van der Waals surface area contributed by atoms with E-state index < -0.39 is 89.4 Å². The van der Waals surface area contributed by atoms with Gasteiger partial charge < -0.3 is 74.5 Å². The molecule has 0 amide bonds. The van der Waals surface area contributed by atoms with Crippen LogP contribution in [0.3, 0.4) is 0 Å². The number of halogens is 2. The first-order valence-corrected chi connectivity index (χ1v) is 26.6. The van der Waals surface area contributed by atoms with Gasteiger partial charge in [-0.15, -0.1) is 0 Å². The number of rotatable bonds is 19. The number of methoxy groups -OCH3 is 2. The molecule has 0 bridgehead atoms. The fourth-order valence-corrected chi connectivity index (χ4v) is 10.5. The molecule has 0 N–H and O–H groups in total. The molecule has 28 heteroatoms. The summed E-state index contributed by atoms with van der Waals surface area (Å²) < 4.78 is 97.8. The van der Waals surface area contributed by atoms with Crippen molar-refractivity contribution in [3.8, 4) is 11.5 Å². The fourth-order valence-electron chi connectivity index (χ4n) is 10.5. The van der Waals surface area contributed by atoms with E-state index in [9.17, 15) is 38.4 Å². The van der Waals surface area contributed by atoms with Crippen LogP contribution in [0.2, 0.25) is 0 Å². The highest BCUT2D eigenvalue weighted by Gasteiger charge is 2.37. The third kappa shape index (κ3) is 11.9. The molecule has 10 rings (SSSR count). The lowest BCUT2D eigenvalue weighted by atomic mass is 10.1. The predicted octanol–water partition coefficient (Wildman–Crippen LogP) is 6.20. The zero-order valence-electron chi connectivity index (χ0n) is 46.3. The quantitative estimate of drug-likeness (QED) is 0.0495. The maximum atomic E-state index is 16.3. The second kappa shape index (κ2) is 23.7. The Labute approximate surface area is 469 Å². The van der Waals surface area contributed by atoms with E-state index in [0.29, 0.717) is 101 Å². The lowest BCUT2D eigenvalue weighted by Gasteiger charge is -2.41. The van der Waals surface area contributed by atoms with E-state index in [4.69, 9.17) is 55.6 Å². The minimum Gasteiger partial charge on any atom is -0.492 e. The SMILES string of the molecule is C[CH]C(OC(=O)OCOC(=O)c1cn(C2CC2)c2c(OC)c(N3CCN(Cc4oc(=O)oc4C)C(C)C3)c(F)cc2c1=O)OC(=O)OCOC(=O)c1cn(C2CC2)c2c(OC)c(N3CCN(Cc4oc(=O)oc4C)C(C)C3)c(F)cc2c1=O. The first-order chi connectivity index (χ1) is 39.8. The van der Waals surface area contributed by atoms with E-state index in [0.717, 1.165) is 18.6 Å². The Morgan fingerprint density at radius 1 is 0.614 bits per heavy atom. The second-order valence-electron chi connectivity index (χ2n) is 20.5. The number of esters is 2. The van der Waals surface area contributed by atoms with Crippen LogP contribution in [0.25, 0.3) is 21.8 Å². The van der Waals surface area contributed by atoms with Gasteiger partial charge in [0.1, 0.15) is 34.0 Å². The Bertz CT molecular complexity index is 3520. The lowest BCUT2D eigenvalue weighted by molar-refractivity contribution is -0.108. The van der Waals surface area contributed by atoms with E-state index in [1.54, 1.807) is 23.0 Å². The molecular weight excluding hydrogens is 1100 g/mol. The summed E-state index contributed by atoms with van der Waals surface area (Å²) in [5, 5.41) is -0.315. The number of aryl methyl sites for hydroxylation is 2. The lowest BCUT2D eigenvalue weighted by Crippen LogP contribution is -2.51. The molecule has 83 heavy (non-hydrogen) atoms. The first-order valence-electron chi connectivity index (χ1n) is 26.6. The van der Waals surface area contributed by atoms with Crippen molar-refractivity contribution in [2.24, 2.45) is 0 Å². The van der Waals surface area contributed by atoms with Crippen molar-refractivity contribution < 1.29 is 83.5 Å². The highest BCUT2D eigenvalue weighted by atomic mass is 19.1. The summed E-state index contributed by atoms with van der Waals surface area (Å²) in [6, 6.07) is 1.46. The zero-order valence-corrected chi connectivity index (χ0v) is 46.3. The van der Waals surface area contributed by atoms with Crippen LogP contribution in [0.5, 0.6) is 11.5 Å². The van der Waals surface area contributed by atoms with Gasteiger partial charge in [0.25, 0.3) is 6.29 Å². The average Bonchev–Trinajstić information content (AvgIpc) is 3.31. The van der Waals surface area contributed by atoms with Crippen LogP contribution in [0, 0.1) is 31.9 Å². The van der Waals surface area contributed by atoms with E-state index in [2.05, 4.69) is 9.80 Å². The first kappa shape index (κ1) is 57.6. The van der Waals surface area contributed by atoms with E-state index in [1.165, 1.54) is 33.5 Å². The molecule has 2 aliphatic carbocycles. The number of hydrogen-bond acceptors (Lipinski definition) is 24. The van der Waals surface area contributed by atoms with Crippen LogP contribution in [0.4, 0.5) is 29.7 Å². The number of hydrogen-bond donors (Lipinski definition) is 0. The molecule has 2 atom stereocenters. The van der Waals surface area contributed by atoms with Crippen LogP contribution < -0.4 is 41.8 Å². The molecule has 2 unspecified atom stereocenters. The summed E-state index contributed by atoms with van der Waals surface area (Å²) in [5.74, 6) is -3.85. The van der Waals surface area contributed by atoms with Gasteiger partial charge in [-0.1, -0.05) is 6.92 Å². The predicted molar refractivity (Wildman–Crippen MR) is 284 cm³/mol. The number of carbonyl (C=O) groups excluding carboxylic acids is 4. The summed E-state index contributed by atoms with van der Waals surface area (Å²) in [6.45, 7) is 9.23. The summed E-state index contributed by atoms with van der Waals surface area (Å²) in [6.07, 6.45) is 1.65. The highest BCUT2D eigenvalue weighted by molar-refractivity contribution is 5.99. The van der Waals surface area contributed by atoms with Crippen molar-refractivity contribution in [3.05, 3.63) is 118 Å². The highest BCUT2D eigenvalue weighted by Crippen LogP contribution is 2.46. The van der Waals surface area contributed by atoms with Gasteiger partial charge >= 0.3 is 35.9 Å². The zero-order chi connectivity index (χ0) is 59.1. The van der Waals surface area contributed by atoms with Crippen molar-refractivity contribution in [1.29, 1.82) is 0 Å². The molecule has 26 nitrogen and oxygen atoms in total. The molecule has 4 fully saturated rings. The number of carbonyl (C=O) groups is 4. The number of benzene rings is 2. The van der Waals surface area contributed by atoms with Crippen LogP contribution >= 0.6 is 0 Å². The number of pyridine rings is 2. The minimum absolute atomic E-state index is 0.0912. The van der Waals surface area contributed by atoms with Crippen molar-refractivity contribution in [3.63, 3.8) is 0 Å². The van der Waals surface area contributed by atoms with Gasteiger partial charge in [-0.05, 0) is 65.5 Å². The number of fused-ring (bicyclic) bond motifs is 2. The Hall–Kier alpha value is -8.66. The minimum atomic E-state index is -1.76. The summed E-state index contributed by atoms with van der Waals surface area (Å²) >= 11 is 0. The van der Waals surface area contributed by atoms with Crippen LogP contribution in [0.1, 0.15) is 102 Å². The van der Waals surface area contributed by atoms with E-state index >= 15 is 8.78 Å². The standard InChI is InChI=1S/C55H59F2N6O20/c1-8-41(82-52(68)76-25-74-50(66)35-21-62(31-9-10-31)42-33(46(35)64)17-37(56)44(48(42)72-6)60-15-13-58(27(2)19-60)23-39-29(4)78-54(70)80-39)83-53(69)77-26-75-51(67)36-22-63(32-11-12-32)43-34(47(36)65)18-38(57)45(49(43)73-7)61-16-14-59(28(3)20-61)24-40-30(5)79-55(71)81-40/h8,17-18,21-22,27-28,31-32,41H,9-16,19-20,23-26H2,1-7H3. The average molecular weight is 1160 g/mol. The molecule has 4 aromatic heterocycles. The number of anilines is 2. The number of nitrogens with zero attached hydrogens (tertiary/aromatic N) is 6. The summed E-state index contributed by atoms with van der Waals surface area (Å²) in [7, 11) is 2.72. The van der Waals surface area contributed by atoms with Gasteiger partial charge in [-0.3, -0.25) is 19.4 Å². The topological polar surface area (TPSA) is 286 Å². The number of ether oxygens (including phenoxy) is 8. The van der Waals surface area contributed by atoms with Crippen molar-refractivity contribution in [1.82, 2.24) is 18.9 Å². The maximum Gasteiger partial charge on any atom is 0.519 e. The third-order valence-corrected chi connectivity index (χ3v) is 15.1. The Morgan fingerprint density at radius 2 is 1.01 bits per heavy atom. The molecule has 0 spiro atoms. The summed E-state index contributed by atoms with van der Waals surface area (Å²) in [5.41, 5.74) is -1.95. The molecule has 443 valence electrons. The van der Waals surface area contributed by atoms with Gasteiger partial charge in [0.05, 0.1) is 49.1 Å². The molecule has 2 saturated carbocycles. The molecule has 2 saturated heterocycles. The maximum absolute atomic E-state index is 16.3. The second-order valence-corrected chi connectivity index (χ2v) is 20.5. The normalized spacial score (nSPS) is 18.0. The molecule has 4 aliphatic rings. The number of piperazine rings is 2. The molecule has 1 radical (unpaired) electrons. The van der Waals surface area contributed by atoms with Crippen molar-refractivity contribution >= 4 is 57.4 Å². The van der Waals surface area contributed by atoms with Crippen LogP contribution in [-0.4, -0.2) is 129 Å². The van der Waals surface area contributed by atoms with Gasteiger partial charge in [0.15, 0.2) is 34.7 Å². The number of aromatic nitrogens is 2. The Kier molecular flexibility index (Phi) is 16.4. The Balaban J connectivity index is 0.731. The third-order valence-electron chi connectivity index (χ3n) is 15.1. The van der Waals surface area contributed by atoms with Crippen molar-refractivity contribution in [2.75, 3.05) is 76.9 Å². The largest absolute Gasteiger partial charge is 0.519 e. The Morgan fingerprint density at radius 3 is 1.34 bits per heavy atom. The monoisotopic (exact) mass is 1160 g/mol. The van der Waals surface area contributed by atoms with Crippen LogP contribution in [-0.2, 0) is 41.5 Å². The fraction of sp³-hybridized carbons (Fsp3) is 0.473. The molecule has 6 heterocycles. The molecule has 6 aromatic rings. The van der Waals surface area contributed by atoms with Gasteiger partial charge in [-0.2, -0.15) is 0 Å². The van der Waals surface area contributed by atoms with Gasteiger partial charge in [-0.25, -0.2) is 37.5 Å². The smallest absolute Gasteiger partial charge is 0.492 e. The summed E-state index contributed by atoms with van der Waals surface area (Å²) in [4.78, 5) is 111. The van der Waals surface area contributed by atoms with Gasteiger partial charge in [0, 0.05) is 82.3 Å².